The Hall–Kier alpha value is -3.29. The quantitative estimate of drug-likeness (QED) is 0.627. The van der Waals surface area contributed by atoms with Crippen LogP contribution in [0.25, 0.3) is 10.8 Å². The summed E-state index contributed by atoms with van der Waals surface area (Å²) in [5.41, 5.74) is 1.11. The minimum absolute atomic E-state index is 0.133. The topological polar surface area (TPSA) is 84.2 Å². The van der Waals surface area contributed by atoms with E-state index in [1.807, 2.05) is 43.9 Å². The summed E-state index contributed by atoms with van der Waals surface area (Å²) in [5, 5.41) is 5.60. The summed E-state index contributed by atoms with van der Waals surface area (Å²) in [6.07, 6.45) is 0. The summed E-state index contributed by atoms with van der Waals surface area (Å²) >= 11 is 0. The fourth-order valence-electron chi connectivity index (χ4n) is 4.00. The molecule has 4 rings (SSSR count). The van der Waals surface area contributed by atoms with Crippen molar-refractivity contribution in [1.82, 2.24) is 24.6 Å². The number of anilines is 1. The number of amides is 1. The largest absolute Gasteiger partial charge is 0.353 e. The molecule has 0 radical (unpaired) electrons. The highest BCUT2D eigenvalue weighted by Gasteiger charge is 2.27. The van der Waals surface area contributed by atoms with E-state index >= 15 is 0 Å². The molecule has 1 aromatic carbocycles. The first-order valence-corrected chi connectivity index (χ1v) is 11.2. The third-order valence-corrected chi connectivity index (χ3v) is 5.79. The van der Waals surface area contributed by atoms with Crippen molar-refractivity contribution in [2.75, 3.05) is 31.1 Å². The lowest BCUT2D eigenvalue weighted by atomic mass is 10.1. The van der Waals surface area contributed by atoms with Crippen LogP contribution >= 0.6 is 0 Å². The van der Waals surface area contributed by atoms with Gasteiger partial charge in [0.2, 0.25) is 0 Å². The first kappa shape index (κ1) is 21.9. The molecule has 32 heavy (non-hydrogen) atoms. The fraction of sp³-hybridized carbons (Fsp3) is 0.458. The molecule has 0 spiro atoms. The predicted molar refractivity (Wildman–Crippen MR) is 125 cm³/mol. The molecule has 1 amide bonds. The number of hydrogen-bond donors (Lipinski definition) is 0. The first-order chi connectivity index (χ1) is 15.3. The highest BCUT2D eigenvalue weighted by Crippen LogP contribution is 2.21. The van der Waals surface area contributed by atoms with E-state index in [0.29, 0.717) is 42.6 Å². The van der Waals surface area contributed by atoms with Crippen molar-refractivity contribution >= 4 is 22.5 Å². The summed E-state index contributed by atoms with van der Waals surface area (Å²) in [6, 6.07) is 9.08. The van der Waals surface area contributed by atoms with E-state index in [2.05, 4.69) is 28.8 Å². The van der Waals surface area contributed by atoms with Gasteiger partial charge in [-0.15, -0.1) is 0 Å². The van der Waals surface area contributed by atoms with Crippen LogP contribution in [0.3, 0.4) is 0 Å². The molecule has 1 aliphatic rings. The molecule has 0 bridgehead atoms. The van der Waals surface area contributed by atoms with Crippen molar-refractivity contribution < 1.29 is 4.79 Å². The van der Waals surface area contributed by atoms with Gasteiger partial charge in [0, 0.05) is 49.2 Å². The molecule has 3 heterocycles. The fourth-order valence-corrected chi connectivity index (χ4v) is 4.00. The Morgan fingerprint density at radius 2 is 1.62 bits per heavy atom. The molecule has 0 aliphatic carbocycles. The molecule has 1 saturated heterocycles. The van der Waals surface area contributed by atoms with Gasteiger partial charge in [0.15, 0.2) is 5.69 Å². The summed E-state index contributed by atoms with van der Waals surface area (Å²) in [7, 11) is 0. The molecular weight excluding hydrogens is 404 g/mol. The minimum atomic E-state index is -0.169. The Morgan fingerprint density at radius 1 is 0.969 bits per heavy atom. The number of aryl methyl sites for hydroxylation is 1. The number of benzene rings is 1. The van der Waals surface area contributed by atoms with E-state index in [0.717, 1.165) is 17.3 Å². The number of fused-ring (bicyclic) bond motifs is 1. The highest BCUT2D eigenvalue weighted by atomic mass is 16.2. The summed E-state index contributed by atoms with van der Waals surface area (Å²) in [4.78, 5) is 39.5. The maximum atomic E-state index is 13.4. The molecule has 8 nitrogen and oxygen atoms in total. The van der Waals surface area contributed by atoms with E-state index in [9.17, 15) is 9.59 Å². The zero-order chi connectivity index (χ0) is 23.0. The van der Waals surface area contributed by atoms with E-state index in [1.165, 1.54) is 4.68 Å². The van der Waals surface area contributed by atoms with Crippen LogP contribution in [0.4, 0.5) is 5.82 Å². The Balaban J connectivity index is 1.59. The van der Waals surface area contributed by atoms with E-state index in [1.54, 1.807) is 12.1 Å². The number of hydrogen-bond acceptors (Lipinski definition) is 6. The Labute approximate surface area is 187 Å². The number of carbonyl (C=O) groups is 1. The van der Waals surface area contributed by atoms with Gasteiger partial charge < -0.3 is 9.80 Å². The van der Waals surface area contributed by atoms with Crippen molar-refractivity contribution in [2.45, 2.75) is 46.6 Å². The normalized spacial score (nSPS) is 14.6. The average Bonchev–Trinajstić information content (AvgIpc) is 2.78. The predicted octanol–water partition coefficient (Wildman–Crippen LogP) is 3.16. The Bertz CT molecular complexity index is 1210. The lowest BCUT2D eigenvalue weighted by Crippen LogP contribution is -2.49. The lowest BCUT2D eigenvalue weighted by Gasteiger charge is -2.35. The number of carbonyl (C=O) groups excluding carboxylic acids is 1. The van der Waals surface area contributed by atoms with Gasteiger partial charge in [-0.05, 0) is 26.8 Å². The SMILES string of the molecule is Cc1cc(N2CCN(C(=O)c3nn(C(C)C)c(=O)c4ccccc34)CC2)nc(C(C)C)n1. The zero-order valence-corrected chi connectivity index (χ0v) is 19.4. The van der Waals surface area contributed by atoms with Crippen molar-refractivity contribution in [3.05, 3.63) is 57.9 Å². The third-order valence-electron chi connectivity index (χ3n) is 5.79. The molecule has 0 N–H and O–H groups in total. The highest BCUT2D eigenvalue weighted by molar-refractivity contribution is 6.04. The lowest BCUT2D eigenvalue weighted by molar-refractivity contribution is 0.0739. The minimum Gasteiger partial charge on any atom is -0.353 e. The summed E-state index contributed by atoms with van der Waals surface area (Å²) < 4.78 is 1.41. The van der Waals surface area contributed by atoms with E-state index in [4.69, 9.17) is 4.98 Å². The van der Waals surface area contributed by atoms with Crippen molar-refractivity contribution in [3.8, 4) is 0 Å². The molecule has 0 saturated carbocycles. The van der Waals surface area contributed by atoms with Gasteiger partial charge in [-0.25, -0.2) is 14.6 Å². The van der Waals surface area contributed by atoms with Crippen LogP contribution < -0.4 is 10.5 Å². The summed E-state index contributed by atoms with van der Waals surface area (Å²) in [6.45, 7) is 12.4. The zero-order valence-electron chi connectivity index (χ0n) is 19.4. The Morgan fingerprint density at radius 3 is 2.25 bits per heavy atom. The van der Waals surface area contributed by atoms with Crippen LogP contribution in [-0.4, -0.2) is 56.7 Å². The number of aromatic nitrogens is 4. The van der Waals surface area contributed by atoms with Crippen LogP contribution in [0.1, 0.15) is 61.7 Å². The van der Waals surface area contributed by atoms with Crippen LogP contribution in [0.5, 0.6) is 0 Å². The number of rotatable bonds is 4. The second kappa shape index (κ2) is 8.68. The van der Waals surface area contributed by atoms with Crippen LogP contribution in [0.2, 0.25) is 0 Å². The molecule has 0 atom stereocenters. The second-order valence-electron chi connectivity index (χ2n) is 8.90. The third kappa shape index (κ3) is 4.09. The Kier molecular flexibility index (Phi) is 5.95. The molecule has 0 unspecified atom stereocenters. The van der Waals surface area contributed by atoms with Crippen molar-refractivity contribution in [1.29, 1.82) is 0 Å². The van der Waals surface area contributed by atoms with Gasteiger partial charge in [0.25, 0.3) is 11.5 Å². The standard InChI is InChI=1S/C24H30N6O2/c1-15(2)22-25-17(5)14-20(26-22)28-10-12-29(13-11-28)24(32)21-18-8-6-7-9-19(18)23(31)30(27-21)16(3)4/h6-9,14-16H,10-13H2,1-5H3. The number of piperazine rings is 1. The van der Waals surface area contributed by atoms with Gasteiger partial charge in [0.05, 0.1) is 11.4 Å². The van der Waals surface area contributed by atoms with Gasteiger partial charge in [-0.3, -0.25) is 9.59 Å². The maximum absolute atomic E-state index is 13.4. The first-order valence-electron chi connectivity index (χ1n) is 11.2. The molecular formula is C24H30N6O2. The van der Waals surface area contributed by atoms with Gasteiger partial charge in [0.1, 0.15) is 11.6 Å². The summed E-state index contributed by atoms with van der Waals surface area (Å²) in [5.74, 6) is 1.86. The monoisotopic (exact) mass is 434 g/mol. The van der Waals surface area contributed by atoms with Gasteiger partial charge in [-0.2, -0.15) is 5.10 Å². The molecule has 2 aromatic heterocycles. The molecule has 168 valence electrons. The van der Waals surface area contributed by atoms with Crippen LogP contribution in [-0.2, 0) is 0 Å². The van der Waals surface area contributed by atoms with Crippen LogP contribution in [0.15, 0.2) is 35.1 Å². The van der Waals surface area contributed by atoms with E-state index < -0.39 is 0 Å². The smallest absolute Gasteiger partial charge is 0.275 e. The van der Waals surface area contributed by atoms with Gasteiger partial charge in [-0.1, -0.05) is 32.0 Å². The molecule has 1 aliphatic heterocycles. The molecule has 3 aromatic rings. The van der Waals surface area contributed by atoms with Crippen molar-refractivity contribution in [3.63, 3.8) is 0 Å². The van der Waals surface area contributed by atoms with E-state index in [-0.39, 0.29) is 23.4 Å². The second-order valence-corrected chi connectivity index (χ2v) is 8.90. The van der Waals surface area contributed by atoms with Crippen LogP contribution in [0, 0.1) is 6.92 Å². The van der Waals surface area contributed by atoms with Gasteiger partial charge >= 0.3 is 0 Å². The van der Waals surface area contributed by atoms with Crippen molar-refractivity contribution in [2.24, 2.45) is 0 Å². The average molecular weight is 435 g/mol. The number of nitrogens with zero attached hydrogens (tertiary/aromatic N) is 6. The maximum Gasteiger partial charge on any atom is 0.275 e. The molecule has 8 heteroatoms. The molecule has 1 fully saturated rings.